The van der Waals surface area contributed by atoms with E-state index in [0.29, 0.717) is 22.8 Å². The maximum Gasteiger partial charge on any atom is 0.266 e. The Balaban J connectivity index is 2.12. The van der Waals surface area contributed by atoms with Gasteiger partial charge in [0, 0.05) is 18.4 Å². The van der Waals surface area contributed by atoms with Crippen molar-refractivity contribution in [2.24, 2.45) is 0 Å². The van der Waals surface area contributed by atoms with E-state index in [1.165, 1.54) is 6.33 Å². The van der Waals surface area contributed by atoms with Gasteiger partial charge in [0.1, 0.15) is 11.3 Å². The number of H-pyrrole nitrogens is 1. The van der Waals surface area contributed by atoms with Gasteiger partial charge in [0.05, 0.1) is 12.9 Å². The molecule has 3 rings (SSSR count). The average molecular weight is 281 g/mol. The third kappa shape index (κ3) is 2.21. The quantitative estimate of drug-likeness (QED) is 0.872. The number of rotatable bonds is 1. The van der Waals surface area contributed by atoms with E-state index in [9.17, 15) is 8.78 Å². The molecule has 0 aliphatic carbocycles. The number of nitrogens with one attached hydrogen (secondary N) is 1. The number of aromatic amines is 1. The SMILES string of the molecule is CC(C)(C)c1nc(N2CCC(F)(F)C2)c2nc[nH]c2n1. The third-order valence-corrected chi connectivity index (χ3v) is 3.40. The Morgan fingerprint density at radius 1 is 1.30 bits per heavy atom. The van der Waals surface area contributed by atoms with Crippen molar-refractivity contribution >= 4 is 17.0 Å². The van der Waals surface area contributed by atoms with Crippen molar-refractivity contribution in [3.8, 4) is 0 Å². The van der Waals surface area contributed by atoms with Crippen molar-refractivity contribution in [2.45, 2.75) is 38.5 Å². The molecule has 0 bridgehead atoms. The number of alkyl halides is 2. The van der Waals surface area contributed by atoms with E-state index >= 15 is 0 Å². The summed E-state index contributed by atoms with van der Waals surface area (Å²) in [5.74, 6) is -1.53. The molecule has 1 aliphatic heterocycles. The van der Waals surface area contributed by atoms with E-state index in [-0.39, 0.29) is 24.9 Å². The van der Waals surface area contributed by atoms with Crippen LogP contribution >= 0.6 is 0 Å². The summed E-state index contributed by atoms with van der Waals surface area (Å²) in [5, 5.41) is 0. The van der Waals surface area contributed by atoms with Gasteiger partial charge in [0.2, 0.25) is 0 Å². The van der Waals surface area contributed by atoms with Gasteiger partial charge in [-0.1, -0.05) is 20.8 Å². The smallest absolute Gasteiger partial charge is 0.266 e. The lowest BCUT2D eigenvalue weighted by Crippen LogP contribution is -2.27. The van der Waals surface area contributed by atoms with E-state index in [0.717, 1.165) is 0 Å². The molecular formula is C13H17F2N5. The maximum absolute atomic E-state index is 13.4. The van der Waals surface area contributed by atoms with Crippen LogP contribution in [-0.4, -0.2) is 38.9 Å². The van der Waals surface area contributed by atoms with Crippen LogP contribution in [-0.2, 0) is 5.41 Å². The summed E-state index contributed by atoms with van der Waals surface area (Å²) in [6.45, 7) is 5.96. The molecule has 0 radical (unpaired) electrons. The van der Waals surface area contributed by atoms with Crippen LogP contribution in [0.3, 0.4) is 0 Å². The molecule has 1 fully saturated rings. The van der Waals surface area contributed by atoms with Crippen LogP contribution in [0.15, 0.2) is 6.33 Å². The van der Waals surface area contributed by atoms with Gasteiger partial charge in [-0.05, 0) is 0 Å². The molecule has 3 heterocycles. The van der Waals surface area contributed by atoms with Crippen molar-refractivity contribution in [3.63, 3.8) is 0 Å². The highest BCUT2D eigenvalue weighted by molar-refractivity contribution is 5.83. The summed E-state index contributed by atoms with van der Waals surface area (Å²) < 4.78 is 26.9. The Labute approximate surface area is 115 Å². The highest BCUT2D eigenvalue weighted by atomic mass is 19.3. The van der Waals surface area contributed by atoms with Crippen molar-refractivity contribution in [3.05, 3.63) is 12.2 Å². The molecule has 7 heteroatoms. The van der Waals surface area contributed by atoms with Crippen molar-refractivity contribution < 1.29 is 8.78 Å². The van der Waals surface area contributed by atoms with Gasteiger partial charge in [-0.25, -0.2) is 23.7 Å². The number of anilines is 1. The van der Waals surface area contributed by atoms with Crippen molar-refractivity contribution in [1.82, 2.24) is 19.9 Å². The van der Waals surface area contributed by atoms with Crippen LogP contribution in [0.4, 0.5) is 14.6 Å². The first-order valence-corrected chi connectivity index (χ1v) is 6.61. The summed E-state index contributed by atoms with van der Waals surface area (Å²) in [6.07, 6.45) is 1.37. The zero-order chi connectivity index (χ0) is 14.5. The van der Waals surface area contributed by atoms with E-state index in [1.807, 2.05) is 20.8 Å². The minimum absolute atomic E-state index is 0.145. The highest BCUT2D eigenvalue weighted by Gasteiger charge is 2.40. The second-order valence-corrected chi connectivity index (χ2v) is 6.25. The standard InChI is InChI=1S/C13H17F2N5/c1-12(2,3)11-18-9-8(16-7-17-9)10(19-11)20-5-4-13(14,15)6-20/h7H,4-6H2,1-3H3,(H,16,17,18,19). The minimum atomic E-state index is -2.66. The molecule has 20 heavy (non-hydrogen) atoms. The van der Waals surface area contributed by atoms with Gasteiger partial charge < -0.3 is 9.88 Å². The second-order valence-electron chi connectivity index (χ2n) is 6.25. The van der Waals surface area contributed by atoms with E-state index in [4.69, 9.17) is 0 Å². The Kier molecular flexibility index (Phi) is 2.71. The zero-order valence-corrected chi connectivity index (χ0v) is 11.7. The van der Waals surface area contributed by atoms with Crippen LogP contribution in [0, 0.1) is 0 Å². The summed E-state index contributed by atoms with van der Waals surface area (Å²) in [4.78, 5) is 17.6. The van der Waals surface area contributed by atoms with Crippen LogP contribution in [0.25, 0.3) is 11.2 Å². The van der Waals surface area contributed by atoms with E-state index in [1.54, 1.807) is 4.90 Å². The van der Waals surface area contributed by atoms with Crippen LogP contribution in [0.2, 0.25) is 0 Å². The lowest BCUT2D eigenvalue weighted by Gasteiger charge is -2.21. The van der Waals surface area contributed by atoms with E-state index < -0.39 is 5.92 Å². The molecule has 0 unspecified atom stereocenters. The van der Waals surface area contributed by atoms with Gasteiger partial charge >= 0.3 is 0 Å². The van der Waals surface area contributed by atoms with Gasteiger partial charge in [0.15, 0.2) is 11.5 Å². The fourth-order valence-corrected chi connectivity index (χ4v) is 2.29. The predicted octanol–water partition coefficient (Wildman–Crippen LogP) is 2.50. The monoisotopic (exact) mass is 281 g/mol. The molecule has 0 saturated carbocycles. The zero-order valence-electron chi connectivity index (χ0n) is 11.7. The van der Waals surface area contributed by atoms with Crippen molar-refractivity contribution in [2.75, 3.05) is 18.0 Å². The average Bonchev–Trinajstić information content (AvgIpc) is 2.92. The van der Waals surface area contributed by atoms with Gasteiger partial charge in [-0.3, -0.25) is 0 Å². The first-order chi connectivity index (χ1) is 9.26. The summed E-state index contributed by atoms with van der Waals surface area (Å²) in [5.41, 5.74) is 0.891. The molecule has 1 aliphatic rings. The molecule has 1 saturated heterocycles. The molecular weight excluding hydrogens is 264 g/mol. The lowest BCUT2D eigenvalue weighted by molar-refractivity contribution is 0.0257. The lowest BCUT2D eigenvalue weighted by atomic mass is 9.96. The molecule has 0 spiro atoms. The molecule has 2 aromatic rings. The fraction of sp³-hybridized carbons (Fsp3) is 0.615. The summed E-state index contributed by atoms with van der Waals surface area (Å²) in [7, 11) is 0. The Morgan fingerprint density at radius 2 is 2.05 bits per heavy atom. The molecule has 1 N–H and O–H groups in total. The first kappa shape index (κ1) is 13.2. The minimum Gasteiger partial charge on any atom is -0.348 e. The first-order valence-electron chi connectivity index (χ1n) is 6.61. The Morgan fingerprint density at radius 3 is 2.65 bits per heavy atom. The fourth-order valence-electron chi connectivity index (χ4n) is 2.29. The third-order valence-electron chi connectivity index (χ3n) is 3.40. The number of hydrogen-bond acceptors (Lipinski definition) is 4. The van der Waals surface area contributed by atoms with Crippen LogP contribution in [0.5, 0.6) is 0 Å². The number of halogens is 2. The highest BCUT2D eigenvalue weighted by Crippen LogP contribution is 2.33. The van der Waals surface area contributed by atoms with Gasteiger partial charge in [-0.2, -0.15) is 0 Å². The Bertz CT molecular complexity index is 644. The van der Waals surface area contributed by atoms with Gasteiger partial charge in [0.25, 0.3) is 5.92 Å². The van der Waals surface area contributed by atoms with E-state index in [2.05, 4.69) is 19.9 Å². The number of nitrogens with zero attached hydrogens (tertiary/aromatic N) is 4. The predicted molar refractivity (Wildman–Crippen MR) is 72.2 cm³/mol. The Hall–Kier alpha value is -1.79. The second kappa shape index (κ2) is 4.10. The summed E-state index contributed by atoms with van der Waals surface area (Å²) >= 11 is 0. The van der Waals surface area contributed by atoms with Crippen LogP contribution < -0.4 is 4.90 Å². The molecule has 0 amide bonds. The maximum atomic E-state index is 13.4. The van der Waals surface area contributed by atoms with Gasteiger partial charge in [-0.15, -0.1) is 0 Å². The normalized spacial score (nSPS) is 18.9. The molecule has 108 valence electrons. The molecule has 0 aromatic carbocycles. The molecule has 0 atom stereocenters. The number of imidazole rings is 1. The van der Waals surface area contributed by atoms with Crippen molar-refractivity contribution in [1.29, 1.82) is 0 Å². The summed E-state index contributed by atoms with van der Waals surface area (Å²) in [6, 6.07) is 0. The number of fused-ring (bicyclic) bond motifs is 1. The topological polar surface area (TPSA) is 57.7 Å². The number of hydrogen-bond donors (Lipinski definition) is 1. The largest absolute Gasteiger partial charge is 0.348 e. The molecule has 5 nitrogen and oxygen atoms in total. The van der Waals surface area contributed by atoms with Crippen LogP contribution in [0.1, 0.15) is 33.0 Å². The molecule has 2 aromatic heterocycles. The number of aromatic nitrogens is 4.